The molecular formula is C25H18Cl2N6O9S. The first-order valence-electron chi connectivity index (χ1n) is 11.9. The fourth-order valence-electron chi connectivity index (χ4n) is 4.41. The van der Waals surface area contributed by atoms with Crippen LogP contribution in [0.4, 0.5) is 0 Å². The second-order valence-electron chi connectivity index (χ2n) is 9.05. The molecule has 43 heavy (non-hydrogen) atoms. The molecule has 18 heteroatoms. The lowest BCUT2D eigenvalue weighted by Crippen LogP contribution is -2.49. The number of primary amides is 1. The number of benzene rings is 3. The number of aromatic hydroxyl groups is 1. The van der Waals surface area contributed by atoms with E-state index >= 15 is 0 Å². The number of oxime groups is 1. The van der Waals surface area contributed by atoms with Crippen LogP contribution in [-0.4, -0.2) is 43.8 Å². The van der Waals surface area contributed by atoms with Gasteiger partial charge in [0.2, 0.25) is 5.04 Å². The Hall–Kier alpha value is -4.74. The van der Waals surface area contributed by atoms with Crippen molar-refractivity contribution >= 4 is 44.3 Å². The number of nitrogens with one attached hydrogen (secondary N) is 2. The van der Waals surface area contributed by atoms with Crippen LogP contribution in [0.2, 0.25) is 10.0 Å². The second kappa shape index (κ2) is 11.2. The van der Waals surface area contributed by atoms with E-state index in [1.807, 2.05) is 4.98 Å². The van der Waals surface area contributed by atoms with Gasteiger partial charge in [-0.1, -0.05) is 53.5 Å². The van der Waals surface area contributed by atoms with Crippen LogP contribution in [0.25, 0.3) is 5.69 Å². The maximum Gasteiger partial charge on any atom is 0.349 e. The minimum atomic E-state index is -5.05. The fourth-order valence-corrected chi connectivity index (χ4v) is 5.76. The molecule has 0 fully saturated rings. The predicted molar refractivity (Wildman–Crippen MR) is 152 cm³/mol. The van der Waals surface area contributed by atoms with Gasteiger partial charge in [-0.15, -0.1) is 5.48 Å². The number of rotatable bonds is 7. The van der Waals surface area contributed by atoms with Gasteiger partial charge < -0.3 is 15.6 Å². The van der Waals surface area contributed by atoms with Crippen LogP contribution < -0.4 is 27.2 Å². The molecule has 1 aromatic heterocycles. The first-order valence-corrected chi connectivity index (χ1v) is 14.1. The molecule has 15 nitrogen and oxygen atoms in total. The third kappa shape index (κ3) is 5.69. The van der Waals surface area contributed by atoms with Gasteiger partial charge in [0.1, 0.15) is 23.2 Å². The summed E-state index contributed by atoms with van der Waals surface area (Å²) in [6, 6.07) is 12.8. The summed E-state index contributed by atoms with van der Waals surface area (Å²) in [4.78, 5) is 42.7. The van der Waals surface area contributed by atoms with Crippen LogP contribution in [-0.2, 0) is 27.0 Å². The van der Waals surface area contributed by atoms with E-state index in [0.717, 1.165) is 23.0 Å². The Morgan fingerprint density at radius 2 is 1.79 bits per heavy atom. The highest BCUT2D eigenvalue weighted by molar-refractivity contribution is 8.01. The minimum Gasteiger partial charge on any atom is -0.507 e. The molecule has 222 valence electrons. The van der Waals surface area contributed by atoms with E-state index in [2.05, 4.69) is 15.7 Å². The van der Waals surface area contributed by atoms with E-state index in [9.17, 15) is 32.5 Å². The lowest BCUT2D eigenvalue weighted by Gasteiger charge is -2.30. The smallest absolute Gasteiger partial charge is 0.349 e. The molecule has 0 aliphatic carbocycles. The molecule has 2 heterocycles. The van der Waals surface area contributed by atoms with E-state index in [1.54, 1.807) is 30.3 Å². The van der Waals surface area contributed by atoms with Crippen molar-refractivity contribution in [2.45, 2.75) is 12.0 Å². The highest BCUT2D eigenvalue weighted by atomic mass is 35.5. The first kappa shape index (κ1) is 29.7. The number of aromatic amines is 1. The molecule has 0 saturated heterocycles. The van der Waals surface area contributed by atoms with Crippen molar-refractivity contribution in [1.29, 1.82) is 0 Å². The molecular weight excluding hydrogens is 631 g/mol. The number of phenols is 1. The zero-order chi connectivity index (χ0) is 31.1. The molecule has 5 rings (SSSR count). The highest BCUT2D eigenvalue weighted by Crippen LogP contribution is 2.45. The van der Waals surface area contributed by atoms with Gasteiger partial charge in [-0.25, -0.2) is 4.79 Å². The third-order valence-corrected chi connectivity index (χ3v) is 7.72. The molecule has 1 aliphatic heterocycles. The number of carbonyl (C=O) groups excluding carboxylic acids is 1. The molecule has 1 unspecified atom stereocenters. The Morgan fingerprint density at radius 3 is 2.40 bits per heavy atom. The quantitative estimate of drug-likeness (QED) is 0.182. The van der Waals surface area contributed by atoms with Crippen LogP contribution in [0.1, 0.15) is 21.5 Å². The van der Waals surface area contributed by atoms with Crippen LogP contribution >= 0.6 is 23.2 Å². The molecule has 0 radical (unpaired) electrons. The monoisotopic (exact) mass is 648 g/mol. The van der Waals surface area contributed by atoms with Crippen molar-refractivity contribution in [3.8, 4) is 22.9 Å². The number of aromatic nitrogens is 3. The summed E-state index contributed by atoms with van der Waals surface area (Å²) in [6.45, 7) is 0. The molecule has 0 saturated carbocycles. The molecule has 1 amide bonds. The Balaban J connectivity index is 1.71. The summed E-state index contributed by atoms with van der Waals surface area (Å²) in [6.07, 6.45) is 0.623. The normalized spacial score (nSPS) is 16.4. The van der Waals surface area contributed by atoms with Gasteiger partial charge in [0.05, 0.1) is 21.3 Å². The highest BCUT2D eigenvalue weighted by Gasteiger charge is 2.52. The van der Waals surface area contributed by atoms with Crippen LogP contribution in [0, 0.1) is 0 Å². The number of carbonyl (C=O) groups is 1. The molecule has 1 atom stereocenters. The van der Waals surface area contributed by atoms with Gasteiger partial charge in [0, 0.05) is 12.0 Å². The van der Waals surface area contributed by atoms with Crippen molar-refractivity contribution < 1.29 is 32.5 Å². The van der Waals surface area contributed by atoms with E-state index in [1.165, 1.54) is 12.1 Å². The van der Waals surface area contributed by atoms with Crippen molar-refractivity contribution in [3.05, 3.63) is 108 Å². The number of hydrogen-bond donors (Lipinski definition) is 5. The second-order valence-corrected chi connectivity index (χ2v) is 11.2. The third-order valence-electron chi connectivity index (χ3n) is 6.25. The van der Waals surface area contributed by atoms with Crippen LogP contribution in [0.15, 0.2) is 75.5 Å². The van der Waals surface area contributed by atoms with Gasteiger partial charge >= 0.3 is 15.8 Å². The molecule has 3 aromatic carbocycles. The zero-order valence-corrected chi connectivity index (χ0v) is 23.6. The maximum atomic E-state index is 12.5. The standard InChI is InChI=1S/C25H18Cl2N6O9S/c26-16-6-13(33-24(37)30-20(35)11-29-33)7-17(27)21(16)41-19-8-14(22(28)36)18(34)9-15(19)25(10-12-4-2-1-3-5-12)23(31-42-32-25)43(38,39)40/h1-9,11,32,34H,10H2,(H2,28,36)(H,30,35,37)(H,38,39,40). The summed E-state index contributed by atoms with van der Waals surface area (Å²) >= 11 is 12.9. The molecule has 1 aliphatic rings. The first-order chi connectivity index (χ1) is 20.3. The van der Waals surface area contributed by atoms with Gasteiger partial charge in [0.25, 0.3) is 11.5 Å². The summed E-state index contributed by atoms with van der Waals surface area (Å²) < 4.78 is 41.9. The number of hydrogen-bond acceptors (Lipinski definition) is 11. The Morgan fingerprint density at radius 1 is 1.12 bits per heavy atom. The van der Waals surface area contributed by atoms with Crippen LogP contribution in [0.5, 0.6) is 17.2 Å². The van der Waals surface area contributed by atoms with Crippen molar-refractivity contribution in [3.63, 3.8) is 0 Å². The summed E-state index contributed by atoms with van der Waals surface area (Å²) in [5.74, 6) is -2.29. The molecule has 4 aromatic rings. The number of hydroxylamine groups is 1. The van der Waals surface area contributed by atoms with Gasteiger partial charge in [0.15, 0.2) is 5.75 Å². The van der Waals surface area contributed by atoms with Gasteiger partial charge in [-0.05, 0) is 35.0 Å². The Kier molecular flexibility index (Phi) is 7.72. The summed E-state index contributed by atoms with van der Waals surface area (Å²) in [5, 5.41) is 16.6. The van der Waals surface area contributed by atoms with Crippen molar-refractivity contribution in [2.24, 2.45) is 10.9 Å². The predicted octanol–water partition coefficient (Wildman–Crippen LogP) is 2.00. The fraction of sp³-hybridized carbons (Fsp3) is 0.0800. The molecule has 0 bridgehead atoms. The van der Waals surface area contributed by atoms with Gasteiger partial charge in [-0.2, -0.15) is 18.2 Å². The van der Waals surface area contributed by atoms with Crippen molar-refractivity contribution in [1.82, 2.24) is 20.2 Å². The Bertz CT molecular complexity index is 2010. The topological polar surface area (TPSA) is 228 Å². The van der Waals surface area contributed by atoms with Gasteiger partial charge in [-0.3, -0.25) is 24.1 Å². The minimum absolute atomic E-state index is 0.0413. The van der Waals surface area contributed by atoms with E-state index < -0.39 is 49.2 Å². The number of nitrogens with two attached hydrogens (primary N) is 1. The SMILES string of the molecule is NC(=O)c1cc(Oc2c(Cl)cc(-n3ncc(=O)[nH]c3=O)cc2Cl)c(C2(Cc3ccccc3)NON=C2S(=O)(=O)O)cc1O. The molecule has 0 spiro atoms. The lowest BCUT2D eigenvalue weighted by atomic mass is 9.84. The zero-order valence-electron chi connectivity index (χ0n) is 21.3. The number of ether oxygens (including phenoxy) is 1. The van der Waals surface area contributed by atoms with E-state index in [-0.39, 0.29) is 39.2 Å². The van der Waals surface area contributed by atoms with E-state index in [0.29, 0.717) is 5.56 Å². The largest absolute Gasteiger partial charge is 0.507 e. The Labute approximate surface area is 250 Å². The number of halogens is 2. The number of amides is 1. The molecule has 6 N–H and O–H groups in total. The number of H-pyrrole nitrogens is 1. The maximum absolute atomic E-state index is 12.5. The summed E-state index contributed by atoms with van der Waals surface area (Å²) in [7, 11) is -5.05. The van der Waals surface area contributed by atoms with Crippen molar-refractivity contribution in [2.75, 3.05) is 0 Å². The summed E-state index contributed by atoms with van der Waals surface area (Å²) in [5.41, 5.74) is 4.21. The average molecular weight is 649 g/mol. The average Bonchev–Trinajstić information content (AvgIpc) is 3.36. The van der Waals surface area contributed by atoms with E-state index in [4.69, 9.17) is 38.6 Å². The number of nitrogens with zero attached hydrogens (tertiary/aromatic N) is 3. The van der Waals surface area contributed by atoms with Crippen LogP contribution in [0.3, 0.4) is 0 Å². The lowest BCUT2D eigenvalue weighted by molar-refractivity contribution is 0.0301.